The van der Waals surface area contributed by atoms with Crippen LogP contribution in [0.1, 0.15) is 45.1 Å². The lowest BCUT2D eigenvalue weighted by atomic mass is 10.0. The average Bonchev–Trinajstić information content (AvgIpc) is 3.45. The summed E-state index contributed by atoms with van der Waals surface area (Å²) in [6, 6.07) is 6.46. The first kappa shape index (κ1) is 18.1. The number of methoxy groups -OCH3 is 1. The van der Waals surface area contributed by atoms with E-state index < -0.39 is 0 Å². The molecule has 5 nitrogen and oxygen atoms in total. The molecule has 1 heterocycles. The Hall–Kier alpha value is -1.75. The number of nitrogens with one attached hydrogen (secondary N) is 1. The molecule has 1 aliphatic heterocycles. The Morgan fingerprint density at radius 3 is 2.56 bits per heavy atom. The lowest BCUT2D eigenvalue weighted by Gasteiger charge is -2.33. The zero-order valence-electron chi connectivity index (χ0n) is 15.6. The topological polar surface area (TPSA) is 50.8 Å². The Morgan fingerprint density at radius 1 is 1.24 bits per heavy atom. The highest BCUT2D eigenvalue weighted by molar-refractivity contribution is 5.81. The van der Waals surface area contributed by atoms with E-state index in [0.717, 1.165) is 62.4 Å². The molecule has 1 N–H and O–H groups in total. The van der Waals surface area contributed by atoms with Crippen molar-refractivity contribution in [1.82, 2.24) is 10.2 Å². The number of hydrogen-bond acceptors (Lipinski definition) is 4. The van der Waals surface area contributed by atoms with Crippen LogP contribution in [0.3, 0.4) is 0 Å². The van der Waals surface area contributed by atoms with Gasteiger partial charge < -0.3 is 19.7 Å². The van der Waals surface area contributed by atoms with E-state index >= 15 is 0 Å². The summed E-state index contributed by atoms with van der Waals surface area (Å²) in [6.07, 6.45) is 4.31. The first-order valence-electron chi connectivity index (χ1n) is 9.43. The van der Waals surface area contributed by atoms with Crippen LogP contribution in [0, 0.1) is 5.92 Å². The number of benzene rings is 1. The van der Waals surface area contributed by atoms with Crippen molar-refractivity contribution in [3.05, 3.63) is 23.8 Å². The van der Waals surface area contributed by atoms with Crippen molar-refractivity contribution in [3.8, 4) is 11.5 Å². The van der Waals surface area contributed by atoms with E-state index in [9.17, 15) is 4.79 Å². The highest BCUT2D eigenvalue weighted by atomic mass is 16.5. The maximum absolute atomic E-state index is 12.1. The Bertz CT molecular complexity index is 591. The lowest BCUT2D eigenvalue weighted by Crippen LogP contribution is -2.45. The third kappa shape index (κ3) is 4.66. The van der Waals surface area contributed by atoms with E-state index in [0.29, 0.717) is 17.9 Å². The van der Waals surface area contributed by atoms with E-state index in [-0.39, 0.29) is 6.10 Å². The Morgan fingerprint density at radius 2 is 1.96 bits per heavy atom. The van der Waals surface area contributed by atoms with Crippen molar-refractivity contribution >= 4 is 5.91 Å². The van der Waals surface area contributed by atoms with E-state index in [4.69, 9.17) is 9.47 Å². The highest BCUT2D eigenvalue weighted by Gasteiger charge is 2.34. The second kappa shape index (κ2) is 8.09. The molecule has 0 bridgehead atoms. The highest BCUT2D eigenvalue weighted by Crippen LogP contribution is 2.33. The van der Waals surface area contributed by atoms with Crippen molar-refractivity contribution in [2.45, 2.75) is 58.2 Å². The number of rotatable bonds is 7. The lowest BCUT2D eigenvalue weighted by molar-refractivity contribution is -0.133. The molecule has 25 heavy (non-hydrogen) atoms. The number of para-hydroxylation sites is 1. The van der Waals surface area contributed by atoms with Crippen molar-refractivity contribution < 1.29 is 14.3 Å². The summed E-state index contributed by atoms with van der Waals surface area (Å²) >= 11 is 0. The van der Waals surface area contributed by atoms with Gasteiger partial charge in [-0.3, -0.25) is 4.79 Å². The summed E-state index contributed by atoms with van der Waals surface area (Å²) in [6.45, 7) is 6.55. The van der Waals surface area contributed by atoms with E-state index in [2.05, 4.69) is 16.3 Å². The molecule has 2 aliphatic rings. The number of likely N-dealkylation sites (tertiary alicyclic amines) is 1. The number of carbonyl (C=O) groups is 1. The number of piperidine rings is 1. The molecule has 0 unspecified atom stereocenters. The minimum Gasteiger partial charge on any atom is -0.493 e. The fourth-order valence-corrected chi connectivity index (χ4v) is 3.38. The zero-order chi connectivity index (χ0) is 17.8. The van der Waals surface area contributed by atoms with Crippen molar-refractivity contribution in [2.24, 2.45) is 5.92 Å². The Balaban J connectivity index is 1.54. The SMILES string of the molecule is COc1cccc(CNC2CCN(C(=O)C3CC3)CC2)c1OC(C)C. The van der Waals surface area contributed by atoms with E-state index in [1.807, 2.05) is 26.0 Å². The van der Waals surface area contributed by atoms with Gasteiger partial charge in [-0.15, -0.1) is 0 Å². The summed E-state index contributed by atoms with van der Waals surface area (Å²) in [4.78, 5) is 14.2. The molecule has 0 radical (unpaired) electrons. The van der Waals surface area contributed by atoms with Crippen LogP contribution in [-0.4, -0.2) is 43.2 Å². The molecule has 5 heteroatoms. The van der Waals surface area contributed by atoms with Crippen LogP contribution < -0.4 is 14.8 Å². The summed E-state index contributed by atoms with van der Waals surface area (Å²) in [5.41, 5.74) is 1.12. The summed E-state index contributed by atoms with van der Waals surface area (Å²) in [5, 5.41) is 3.63. The Labute approximate surface area is 150 Å². The van der Waals surface area contributed by atoms with Crippen LogP contribution in [0.25, 0.3) is 0 Å². The van der Waals surface area contributed by atoms with Crippen molar-refractivity contribution in [1.29, 1.82) is 0 Å². The van der Waals surface area contributed by atoms with Gasteiger partial charge in [0, 0.05) is 37.2 Å². The van der Waals surface area contributed by atoms with Gasteiger partial charge >= 0.3 is 0 Å². The smallest absolute Gasteiger partial charge is 0.225 e. The van der Waals surface area contributed by atoms with E-state index in [1.54, 1.807) is 7.11 Å². The molecule has 2 fully saturated rings. The zero-order valence-corrected chi connectivity index (χ0v) is 15.6. The second-order valence-electron chi connectivity index (χ2n) is 7.37. The molecule has 3 rings (SSSR count). The van der Waals surface area contributed by atoms with Gasteiger partial charge in [-0.2, -0.15) is 0 Å². The molecule has 1 aromatic carbocycles. The fraction of sp³-hybridized carbons (Fsp3) is 0.650. The number of hydrogen-bond donors (Lipinski definition) is 1. The summed E-state index contributed by atoms with van der Waals surface area (Å²) in [5.74, 6) is 2.31. The monoisotopic (exact) mass is 346 g/mol. The number of amides is 1. The van der Waals surface area contributed by atoms with Gasteiger partial charge in [0.2, 0.25) is 5.91 Å². The van der Waals surface area contributed by atoms with Gasteiger partial charge in [0.05, 0.1) is 13.2 Å². The van der Waals surface area contributed by atoms with Crippen molar-refractivity contribution in [3.63, 3.8) is 0 Å². The van der Waals surface area contributed by atoms with Gasteiger partial charge in [-0.25, -0.2) is 0 Å². The molecule has 0 spiro atoms. The van der Waals surface area contributed by atoms with Crippen LogP contribution in [0.5, 0.6) is 11.5 Å². The molecule has 1 aliphatic carbocycles. The normalized spacial score (nSPS) is 18.5. The minimum atomic E-state index is 0.103. The van der Waals surface area contributed by atoms with Gasteiger partial charge in [-0.1, -0.05) is 12.1 Å². The molecule has 1 saturated carbocycles. The second-order valence-corrected chi connectivity index (χ2v) is 7.37. The predicted molar refractivity (Wildman–Crippen MR) is 97.9 cm³/mol. The quantitative estimate of drug-likeness (QED) is 0.825. The van der Waals surface area contributed by atoms with Gasteiger partial charge in [0.15, 0.2) is 11.5 Å². The number of carbonyl (C=O) groups excluding carboxylic acids is 1. The average molecular weight is 346 g/mol. The number of nitrogens with zero attached hydrogens (tertiary/aromatic N) is 1. The maximum Gasteiger partial charge on any atom is 0.225 e. The van der Waals surface area contributed by atoms with Gasteiger partial charge in [0.1, 0.15) is 0 Å². The third-order valence-corrected chi connectivity index (χ3v) is 4.95. The van der Waals surface area contributed by atoms with Gasteiger partial charge in [-0.05, 0) is 45.6 Å². The van der Waals surface area contributed by atoms with Crippen LogP contribution >= 0.6 is 0 Å². The molecule has 1 saturated heterocycles. The first-order chi connectivity index (χ1) is 12.1. The standard InChI is InChI=1S/C20H30N2O3/c1-14(2)25-19-16(5-4-6-18(19)24-3)13-21-17-9-11-22(12-10-17)20(23)15-7-8-15/h4-6,14-15,17,21H,7-13H2,1-3H3. The fourth-order valence-electron chi connectivity index (χ4n) is 3.38. The first-order valence-corrected chi connectivity index (χ1v) is 9.43. The minimum absolute atomic E-state index is 0.103. The Kier molecular flexibility index (Phi) is 5.84. The van der Waals surface area contributed by atoms with Crippen molar-refractivity contribution in [2.75, 3.05) is 20.2 Å². The van der Waals surface area contributed by atoms with E-state index in [1.165, 1.54) is 0 Å². The molecule has 0 aromatic heterocycles. The van der Waals surface area contributed by atoms with Crippen LogP contribution in [0.4, 0.5) is 0 Å². The maximum atomic E-state index is 12.1. The summed E-state index contributed by atoms with van der Waals surface area (Å²) < 4.78 is 11.4. The van der Waals surface area contributed by atoms with Crippen LogP contribution in [0.15, 0.2) is 18.2 Å². The van der Waals surface area contributed by atoms with Crippen LogP contribution in [0.2, 0.25) is 0 Å². The number of ether oxygens (including phenoxy) is 2. The molecule has 0 atom stereocenters. The molecular formula is C20H30N2O3. The largest absolute Gasteiger partial charge is 0.493 e. The molecule has 1 aromatic rings. The summed E-state index contributed by atoms with van der Waals surface area (Å²) in [7, 11) is 1.67. The van der Waals surface area contributed by atoms with Crippen LogP contribution in [-0.2, 0) is 11.3 Å². The molecule has 138 valence electrons. The molecule has 1 amide bonds. The molecular weight excluding hydrogens is 316 g/mol. The predicted octanol–water partition coefficient (Wildman–Crippen LogP) is 2.97. The third-order valence-electron chi connectivity index (χ3n) is 4.95. The van der Waals surface area contributed by atoms with Gasteiger partial charge in [0.25, 0.3) is 0 Å².